The molecule has 0 saturated heterocycles. The van der Waals surface area contributed by atoms with Gasteiger partial charge in [-0.05, 0) is 31.9 Å². The standard InChI is InChI=1S/C35H49N9O16/c1-15(29(53)42-22(35(59)60)10-27(51)52)38-31(55)21(9-17-12-37-19-6-4-3-5-18(17)19)41-33(57)24(14-46)43-34(58)28(16(2)47)44-30(54)20(7-8-26(49)50)40-32(56)23(13-45)39-25(48)11-36/h3-6,12,15-16,20-24,28,37,45-47H,7-11,13-14,36H2,1-2H3,(H,38,55)(H,39,48)(H,40,56)(H,41,57)(H,42,53)(H,43,58)(H,44,54)(H,49,50)(H,51,52)(H,59,60)/t15-,16+,20-,21-,22-,23-,24-,28-/m0/s1. The number of carbonyl (C=O) groups excluding carboxylic acids is 7. The summed E-state index contributed by atoms with van der Waals surface area (Å²) in [5.41, 5.74) is 6.33. The van der Waals surface area contributed by atoms with Crippen LogP contribution in [0.3, 0.4) is 0 Å². The molecule has 0 aliphatic heterocycles. The molecule has 25 heteroatoms. The van der Waals surface area contributed by atoms with E-state index in [9.17, 15) is 73.5 Å². The molecule has 0 spiro atoms. The zero-order valence-electron chi connectivity index (χ0n) is 32.3. The molecular formula is C35H49N9O16. The zero-order valence-corrected chi connectivity index (χ0v) is 32.3. The second kappa shape index (κ2) is 23.6. The summed E-state index contributed by atoms with van der Waals surface area (Å²) in [6.45, 7) is -0.427. The van der Waals surface area contributed by atoms with E-state index in [1.54, 1.807) is 24.3 Å². The number of amides is 7. The third kappa shape index (κ3) is 15.2. The summed E-state index contributed by atoms with van der Waals surface area (Å²) in [4.78, 5) is 128. The van der Waals surface area contributed by atoms with Gasteiger partial charge in [0.05, 0.1) is 32.3 Å². The molecule has 25 nitrogen and oxygen atoms in total. The van der Waals surface area contributed by atoms with Crippen LogP contribution in [0, 0.1) is 0 Å². The third-order valence-electron chi connectivity index (χ3n) is 8.66. The second-order valence-corrected chi connectivity index (χ2v) is 13.3. The van der Waals surface area contributed by atoms with Crippen molar-refractivity contribution >= 4 is 70.2 Å². The number of aromatic amines is 1. The van der Waals surface area contributed by atoms with Gasteiger partial charge in [-0.1, -0.05) is 18.2 Å². The minimum atomic E-state index is -1.92. The molecule has 0 saturated carbocycles. The fourth-order valence-corrected chi connectivity index (χ4v) is 5.42. The summed E-state index contributed by atoms with van der Waals surface area (Å²) >= 11 is 0. The lowest BCUT2D eigenvalue weighted by Crippen LogP contribution is -2.62. The van der Waals surface area contributed by atoms with Crippen molar-refractivity contribution in [1.29, 1.82) is 0 Å². The van der Waals surface area contributed by atoms with Gasteiger partial charge in [0.1, 0.15) is 42.3 Å². The lowest BCUT2D eigenvalue weighted by molar-refractivity contribution is -0.147. The lowest BCUT2D eigenvalue weighted by atomic mass is 10.0. The van der Waals surface area contributed by atoms with E-state index in [4.69, 9.17) is 10.8 Å². The third-order valence-corrected chi connectivity index (χ3v) is 8.66. The number of rotatable bonds is 25. The molecule has 0 bridgehead atoms. The van der Waals surface area contributed by atoms with Crippen LogP contribution in [0.5, 0.6) is 0 Å². The molecule has 60 heavy (non-hydrogen) atoms. The number of fused-ring (bicyclic) bond motifs is 1. The number of carbonyl (C=O) groups is 10. The van der Waals surface area contributed by atoms with Crippen LogP contribution in [-0.4, -0.2) is 163 Å². The van der Waals surface area contributed by atoms with Crippen molar-refractivity contribution < 1.29 is 78.6 Å². The van der Waals surface area contributed by atoms with Crippen LogP contribution in [0.25, 0.3) is 10.9 Å². The molecule has 8 atom stereocenters. The summed E-state index contributed by atoms with van der Waals surface area (Å²) in [5.74, 6) is -12.4. The van der Waals surface area contributed by atoms with Gasteiger partial charge in [-0.25, -0.2) is 4.79 Å². The number of carboxylic acid groups (broad SMARTS) is 3. The van der Waals surface area contributed by atoms with E-state index >= 15 is 0 Å². The number of aromatic nitrogens is 1. The normalized spacial score (nSPS) is 15.0. The van der Waals surface area contributed by atoms with Gasteiger partial charge >= 0.3 is 17.9 Å². The number of nitrogens with two attached hydrogens (primary N) is 1. The largest absolute Gasteiger partial charge is 0.481 e. The minimum absolute atomic E-state index is 0.262. The first-order valence-electron chi connectivity index (χ1n) is 18.2. The average molecular weight is 852 g/mol. The van der Waals surface area contributed by atoms with Crippen LogP contribution >= 0.6 is 0 Å². The number of hydrogen-bond donors (Lipinski definition) is 15. The van der Waals surface area contributed by atoms with Crippen molar-refractivity contribution in [2.24, 2.45) is 5.73 Å². The maximum Gasteiger partial charge on any atom is 0.326 e. The highest BCUT2D eigenvalue weighted by atomic mass is 16.4. The molecule has 7 amide bonds. The molecule has 0 unspecified atom stereocenters. The number of para-hydroxylation sites is 1. The predicted molar refractivity (Wildman–Crippen MR) is 203 cm³/mol. The van der Waals surface area contributed by atoms with E-state index in [1.807, 2.05) is 5.32 Å². The second-order valence-electron chi connectivity index (χ2n) is 13.3. The Bertz CT molecular complexity index is 1900. The number of H-pyrrole nitrogens is 1. The highest BCUT2D eigenvalue weighted by Gasteiger charge is 2.35. The summed E-state index contributed by atoms with van der Waals surface area (Å²) in [7, 11) is 0. The Labute approximate surface area is 340 Å². The molecule has 16 N–H and O–H groups in total. The molecule has 1 aromatic heterocycles. The first kappa shape index (κ1) is 49.4. The van der Waals surface area contributed by atoms with Gasteiger partial charge in [-0.2, -0.15) is 0 Å². The topological polar surface area (TPSA) is 418 Å². The van der Waals surface area contributed by atoms with Crippen LogP contribution < -0.4 is 43.0 Å². The fourth-order valence-electron chi connectivity index (χ4n) is 5.42. The van der Waals surface area contributed by atoms with E-state index in [0.29, 0.717) is 16.5 Å². The highest BCUT2D eigenvalue weighted by molar-refractivity contribution is 5.98. The average Bonchev–Trinajstić information content (AvgIpc) is 3.60. The SMILES string of the molecule is C[C@H](NC(=O)[C@H](Cc1c[nH]c2ccccc12)NC(=O)[C@H](CO)NC(=O)[C@@H](NC(=O)[C@H](CCC(=O)O)NC(=O)[C@H](CO)NC(=O)CN)[C@@H](C)O)C(=O)N[C@@H](CC(=O)O)C(=O)O. The summed E-state index contributed by atoms with van der Waals surface area (Å²) < 4.78 is 0. The highest BCUT2D eigenvalue weighted by Crippen LogP contribution is 2.19. The van der Waals surface area contributed by atoms with E-state index in [-0.39, 0.29) is 6.42 Å². The van der Waals surface area contributed by atoms with Crippen molar-refractivity contribution in [2.45, 2.75) is 87.9 Å². The Morgan fingerprint density at radius 1 is 0.650 bits per heavy atom. The monoisotopic (exact) mass is 851 g/mol. The summed E-state index contributed by atoms with van der Waals surface area (Å²) in [5, 5.41) is 73.3. The van der Waals surface area contributed by atoms with Gasteiger partial charge in [0.25, 0.3) is 0 Å². The molecule has 1 heterocycles. The van der Waals surface area contributed by atoms with Crippen LogP contribution in [0.15, 0.2) is 30.5 Å². The van der Waals surface area contributed by atoms with E-state index < -0.39 is 147 Å². The van der Waals surface area contributed by atoms with Crippen molar-refractivity contribution in [3.8, 4) is 0 Å². The van der Waals surface area contributed by atoms with Crippen LogP contribution in [-0.2, 0) is 54.4 Å². The zero-order chi connectivity index (χ0) is 45.3. The maximum atomic E-state index is 13.6. The summed E-state index contributed by atoms with van der Waals surface area (Å²) in [6, 6.07) is -5.17. The molecule has 1 aromatic carbocycles. The number of aliphatic hydroxyl groups is 3. The Hall–Kier alpha value is -6.70. The van der Waals surface area contributed by atoms with E-state index in [2.05, 4.69) is 36.9 Å². The molecule has 0 aliphatic rings. The number of benzene rings is 1. The van der Waals surface area contributed by atoms with Gasteiger partial charge < -0.3 is 78.6 Å². The fraction of sp³-hybridized carbons (Fsp3) is 0.486. The van der Waals surface area contributed by atoms with E-state index in [0.717, 1.165) is 13.8 Å². The first-order chi connectivity index (χ1) is 28.2. The Morgan fingerprint density at radius 2 is 1.18 bits per heavy atom. The quantitative estimate of drug-likeness (QED) is 0.0442. The number of nitrogens with one attached hydrogen (secondary N) is 8. The minimum Gasteiger partial charge on any atom is -0.481 e. The maximum absolute atomic E-state index is 13.6. The van der Waals surface area contributed by atoms with Crippen molar-refractivity contribution in [3.63, 3.8) is 0 Å². The Kier molecular flexibility index (Phi) is 19.5. The Balaban J connectivity index is 2.31. The number of hydrogen-bond acceptors (Lipinski definition) is 14. The number of aliphatic hydroxyl groups excluding tert-OH is 3. The van der Waals surface area contributed by atoms with Gasteiger partial charge in [-0.15, -0.1) is 0 Å². The Morgan fingerprint density at radius 3 is 1.73 bits per heavy atom. The predicted octanol–water partition coefficient (Wildman–Crippen LogP) is -6.13. The molecule has 0 fully saturated rings. The summed E-state index contributed by atoms with van der Waals surface area (Å²) in [6.07, 6.45) is -2.70. The van der Waals surface area contributed by atoms with E-state index in [1.165, 1.54) is 6.20 Å². The van der Waals surface area contributed by atoms with Crippen molar-refractivity contribution in [1.82, 2.24) is 42.2 Å². The number of carboxylic acids is 3. The first-order valence-corrected chi connectivity index (χ1v) is 18.2. The molecular weight excluding hydrogens is 802 g/mol. The molecule has 0 radical (unpaired) electrons. The van der Waals surface area contributed by atoms with Crippen LogP contribution in [0.2, 0.25) is 0 Å². The lowest BCUT2D eigenvalue weighted by Gasteiger charge is -2.27. The number of aliphatic carboxylic acids is 3. The van der Waals surface area contributed by atoms with Gasteiger partial charge in [0.15, 0.2) is 0 Å². The van der Waals surface area contributed by atoms with Gasteiger partial charge in [-0.3, -0.25) is 43.2 Å². The smallest absolute Gasteiger partial charge is 0.326 e. The van der Waals surface area contributed by atoms with Crippen LogP contribution in [0.4, 0.5) is 0 Å². The molecule has 2 rings (SSSR count). The molecule has 330 valence electrons. The van der Waals surface area contributed by atoms with Gasteiger partial charge in [0.2, 0.25) is 41.4 Å². The van der Waals surface area contributed by atoms with Gasteiger partial charge in [0, 0.05) is 29.9 Å². The molecule has 0 aliphatic carbocycles. The van der Waals surface area contributed by atoms with Crippen LogP contribution in [0.1, 0.15) is 38.7 Å². The van der Waals surface area contributed by atoms with Crippen molar-refractivity contribution in [2.75, 3.05) is 19.8 Å². The van der Waals surface area contributed by atoms with Crippen molar-refractivity contribution in [3.05, 3.63) is 36.0 Å². The molecule has 2 aromatic rings.